The average molecular weight is 465 g/mol. The molecular weight excluding hydrogens is 443 g/mol. The van der Waals surface area contributed by atoms with Gasteiger partial charge in [0.1, 0.15) is 11.6 Å². The molecule has 0 radical (unpaired) electrons. The van der Waals surface area contributed by atoms with E-state index in [1.165, 1.54) is 23.1 Å². The molecule has 6 nitrogen and oxygen atoms in total. The zero-order valence-electron chi connectivity index (χ0n) is 18.1. The predicted octanol–water partition coefficient (Wildman–Crippen LogP) is 3.60. The van der Waals surface area contributed by atoms with Crippen molar-refractivity contribution in [2.24, 2.45) is 0 Å². The van der Waals surface area contributed by atoms with Crippen LogP contribution in [0.15, 0.2) is 66.7 Å². The highest BCUT2D eigenvalue weighted by atomic mass is 32.2. The molecule has 5 rings (SSSR count). The van der Waals surface area contributed by atoms with E-state index in [1.54, 1.807) is 24.3 Å². The number of aryl methyl sites for hydroxylation is 2. The number of para-hydroxylation sites is 1. The molecule has 1 fully saturated rings. The van der Waals surface area contributed by atoms with Crippen molar-refractivity contribution in [1.29, 1.82) is 0 Å². The number of carbonyl (C=O) groups is 2. The molecule has 33 heavy (non-hydrogen) atoms. The summed E-state index contributed by atoms with van der Waals surface area (Å²) in [5.41, 5.74) is 3.49. The van der Waals surface area contributed by atoms with Crippen LogP contribution < -0.4 is 9.80 Å². The molecule has 2 aliphatic rings. The molecule has 1 atom stereocenters. The van der Waals surface area contributed by atoms with Crippen molar-refractivity contribution in [3.8, 4) is 0 Å². The van der Waals surface area contributed by atoms with Crippen LogP contribution in [0.3, 0.4) is 0 Å². The molecule has 0 unspecified atom stereocenters. The molecule has 168 valence electrons. The highest BCUT2D eigenvalue weighted by molar-refractivity contribution is 7.94. The zero-order chi connectivity index (χ0) is 23.5. The van der Waals surface area contributed by atoms with E-state index in [4.69, 9.17) is 0 Å². The lowest BCUT2D eigenvalue weighted by molar-refractivity contribution is -0.123. The van der Waals surface area contributed by atoms with Crippen LogP contribution in [0.25, 0.3) is 0 Å². The van der Waals surface area contributed by atoms with Gasteiger partial charge in [0.2, 0.25) is 5.91 Å². The molecule has 2 heterocycles. The van der Waals surface area contributed by atoms with Crippen molar-refractivity contribution in [1.82, 2.24) is 0 Å². The van der Waals surface area contributed by atoms with Gasteiger partial charge in [-0.05, 0) is 49.2 Å². The molecule has 3 aromatic rings. The first-order valence-electron chi connectivity index (χ1n) is 10.5. The molecule has 1 saturated heterocycles. The number of hydrogen-bond donors (Lipinski definition) is 0. The van der Waals surface area contributed by atoms with Crippen molar-refractivity contribution >= 4 is 33.0 Å². The lowest BCUT2D eigenvalue weighted by atomic mass is 10.0. The van der Waals surface area contributed by atoms with Crippen molar-refractivity contribution in [3.05, 3.63) is 94.8 Å². The Hall–Kier alpha value is -3.52. The first kappa shape index (κ1) is 21.3. The van der Waals surface area contributed by atoms with Gasteiger partial charge in [-0.3, -0.25) is 14.5 Å². The monoisotopic (exact) mass is 464 g/mol. The second kappa shape index (κ2) is 7.25. The molecular formula is C25H21FN2O4S. The third-order valence-electron chi connectivity index (χ3n) is 6.32. The summed E-state index contributed by atoms with van der Waals surface area (Å²) in [7, 11) is -4.29. The molecule has 0 N–H and O–H groups in total. The Morgan fingerprint density at radius 2 is 1.73 bits per heavy atom. The highest BCUT2D eigenvalue weighted by Crippen LogP contribution is 2.52. The lowest BCUT2D eigenvalue weighted by Gasteiger charge is -2.32. The SMILES string of the molecule is Cc1ccc(C)c(CN2C(=O)[C@@]3(c4ccccc42)N(c2cccc(F)c2)C(=O)CS3(=O)=O)c1. The van der Waals surface area contributed by atoms with Crippen LogP contribution in [0.4, 0.5) is 15.8 Å². The maximum Gasteiger partial charge on any atom is 0.274 e. The van der Waals surface area contributed by atoms with Gasteiger partial charge in [0.15, 0.2) is 9.84 Å². The number of benzene rings is 3. The van der Waals surface area contributed by atoms with E-state index in [0.717, 1.165) is 27.7 Å². The first-order valence-corrected chi connectivity index (χ1v) is 12.1. The summed E-state index contributed by atoms with van der Waals surface area (Å²) in [6.45, 7) is 4.01. The van der Waals surface area contributed by atoms with Gasteiger partial charge in [0.05, 0.1) is 12.2 Å². The average Bonchev–Trinajstić information content (AvgIpc) is 3.13. The van der Waals surface area contributed by atoms with E-state index in [0.29, 0.717) is 5.69 Å². The molecule has 0 bridgehead atoms. The summed E-state index contributed by atoms with van der Waals surface area (Å²) in [6, 6.07) is 17.5. The van der Waals surface area contributed by atoms with Gasteiger partial charge in [-0.25, -0.2) is 12.8 Å². The predicted molar refractivity (Wildman–Crippen MR) is 123 cm³/mol. The summed E-state index contributed by atoms with van der Waals surface area (Å²) < 4.78 is 41.2. The van der Waals surface area contributed by atoms with E-state index < -0.39 is 38.1 Å². The molecule has 0 aliphatic carbocycles. The van der Waals surface area contributed by atoms with Crippen LogP contribution >= 0.6 is 0 Å². The summed E-state index contributed by atoms with van der Waals surface area (Å²) in [5, 5.41) is 0. The van der Waals surface area contributed by atoms with Gasteiger partial charge in [0, 0.05) is 11.3 Å². The molecule has 0 saturated carbocycles. The largest absolute Gasteiger partial charge is 0.304 e. The van der Waals surface area contributed by atoms with Crippen molar-refractivity contribution in [2.45, 2.75) is 25.3 Å². The van der Waals surface area contributed by atoms with Crippen LogP contribution in [0.2, 0.25) is 0 Å². The third-order valence-corrected chi connectivity index (χ3v) is 8.43. The number of rotatable bonds is 3. The number of fused-ring (bicyclic) bond motifs is 2. The van der Waals surface area contributed by atoms with E-state index >= 15 is 0 Å². The molecule has 2 amide bonds. The summed E-state index contributed by atoms with van der Waals surface area (Å²) in [5.74, 6) is -2.97. The number of hydrogen-bond acceptors (Lipinski definition) is 4. The molecule has 3 aromatic carbocycles. The topological polar surface area (TPSA) is 74.8 Å². The number of anilines is 2. The second-order valence-electron chi connectivity index (χ2n) is 8.45. The first-order chi connectivity index (χ1) is 15.7. The van der Waals surface area contributed by atoms with Crippen LogP contribution in [0.1, 0.15) is 22.3 Å². The van der Waals surface area contributed by atoms with Gasteiger partial charge < -0.3 is 4.90 Å². The normalized spacial score (nSPS) is 21.2. The Balaban J connectivity index is 1.75. The number of carbonyl (C=O) groups excluding carboxylic acids is 2. The Morgan fingerprint density at radius 1 is 0.970 bits per heavy atom. The van der Waals surface area contributed by atoms with Crippen molar-refractivity contribution in [2.75, 3.05) is 15.6 Å². The van der Waals surface area contributed by atoms with Gasteiger partial charge in [0.25, 0.3) is 10.8 Å². The maximum absolute atomic E-state index is 14.1. The van der Waals surface area contributed by atoms with Crippen molar-refractivity contribution < 1.29 is 22.4 Å². The minimum Gasteiger partial charge on any atom is -0.304 e. The van der Waals surface area contributed by atoms with Crippen LogP contribution in [-0.4, -0.2) is 26.0 Å². The fourth-order valence-corrected chi connectivity index (χ4v) is 6.84. The fraction of sp³-hybridized carbons (Fsp3) is 0.200. The number of halogens is 1. The Labute approximate surface area is 191 Å². The Morgan fingerprint density at radius 3 is 2.48 bits per heavy atom. The standard InChI is InChI=1S/C25H21FN2O4S/c1-16-10-11-17(2)18(12-16)14-27-22-9-4-3-8-21(22)25(24(27)30)28(23(29)15-33(25,31)32)20-7-5-6-19(26)13-20/h3-13H,14-15H2,1-2H3/t25-/m0/s1. The zero-order valence-corrected chi connectivity index (χ0v) is 18.9. The summed E-state index contributed by atoms with van der Waals surface area (Å²) in [6.07, 6.45) is 0. The van der Waals surface area contributed by atoms with Crippen LogP contribution in [0, 0.1) is 19.7 Å². The smallest absolute Gasteiger partial charge is 0.274 e. The molecule has 2 aliphatic heterocycles. The maximum atomic E-state index is 14.1. The number of amides is 2. The molecule has 1 spiro atoms. The van der Waals surface area contributed by atoms with E-state index in [9.17, 15) is 22.4 Å². The molecule has 8 heteroatoms. The lowest BCUT2D eigenvalue weighted by Crippen LogP contribution is -2.54. The quantitative estimate of drug-likeness (QED) is 0.594. The van der Waals surface area contributed by atoms with Crippen molar-refractivity contribution in [3.63, 3.8) is 0 Å². The minimum atomic E-state index is -4.29. The van der Waals surface area contributed by atoms with Gasteiger partial charge in [-0.2, -0.15) is 0 Å². The molecule has 0 aromatic heterocycles. The van der Waals surface area contributed by atoms with E-state index in [2.05, 4.69) is 0 Å². The van der Waals surface area contributed by atoms with Gasteiger partial charge in [-0.1, -0.05) is 48.0 Å². The highest BCUT2D eigenvalue weighted by Gasteiger charge is 2.69. The van der Waals surface area contributed by atoms with Gasteiger partial charge in [-0.15, -0.1) is 0 Å². The fourth-order valence-electron chi connectivity index (χ4n) is 4.80. The van der Waals surface area contributed by atoms with E-state index in [-0.39, 0.29) is 17.8 Å². The summed E-state index contributed by atoms with van der Waals surface area (Å²) in [4.78, 5) is 27.2. The third kappa shape index (κ3) is 2.94. The second-order valence-corrected chi connectivity index (χ2v) is 10.6. The number of sulfone groups is 1. The Kier molecular flexibility index (Phi) is 4.68. The van der Waals surface area contributed by atoms with Crippen LogP contribution in [0.5, 0.6) is 0 Å². The minimum absolute atomic E-state index is 0.0258. The summed E-state index contributed by atoms with van der Waals surface area (Å²) >= 11 is 0. The van der Waals surface area contributed by atoms with Gasteiger partial charge >= 0.3 is 0 Å². The Bertz CT molecular complexity index is 1440. The van der Waals surface area contributed by atoms with E-state index in [1.807, 2.05) is 32.0 Å². The van der Waals surface area contributed by atoms with Crippen LogP contribution in [-0.2, 0) is 30.8 Å². The number of nitrogens with zero attached hydrogens (tertiary/aromatic N) is 2.